The third-order valence-electron chi connectivity index (χ3n) is 10.8. The predicted molar refractivity (Wildman–Crippen MR) is 149 cm³/mol. The van der Waals surface area contributed by atoms with E-state index in [1.807, 2.05) is 30.3 Å². The normalized spacial score (nSPS) is 35.2. The molecule has 0 saturated heterocycles. The molecule has 0 heterocycles. The Morgan fingerprint density at radius 1 is 1.05 bits per heavy atom. The van der Waals surface area contributed by atoms with Gasteiger partial charge in [0.05, 0.1) is 5.71 Å². The van der Waals surface area contributed by atoms with Gasteiger partial charge in [-0.05, 0) is 98.5 Å². The number of hydrogen-bond donors (Lipinski definition) is 2. The topological polar surface area (TPSA) is 105 Å². The molecule has 3 saturated carbocycles. The number of benzene rings is 1. The molecule has 4 aliphatic rings. The second kappa shape index (κ2) is 10.9. The van der Waals surface area contributed by atoms with E-state index in [1.54, 1.807) is 6.92 Å². The van der Waals surface area contributed by atoms with E-state index in [0.29, 0.717) is 23.5 Å². The van der Waals surface area contributed by atoms with Crippen LogP contribution in [0.5, 0.6) is 0 Å². The van der Waals surface area contributed by atoms with Gasteiger partial charge in [0.15, 0.2) is 6.61 Å². The van der Waals surface area contributed by atoms with Crippen LogP contribution in [0, 0.1) is 34.5 Å². The Kier molecular flexibility index (Phi) is 7.71. The van der Waals surface area contributed by atoms with Crippen molar-refractivity contribution in [2.24, 2.45) is 39.7 Å². The zero-order chi connectivity index (χ0) is 27.8. The Bertz CT molecular complexity index is 1180. The van der Waals surface area contributed by atoms with Crippen LogP contribution in [-0.2, 0) is 25.6 Å². The Morgan fingerprint density at radius 2 is 1.82 bits per heavy atom. The first-order chi connectivity index (χ1) is 18.6. The van der Waals surface area contributed by atoms with Crippen molar-refractivity contribution in [2.45, 2.75) is 84.6 Å². The quantitative estimate of drug-likeness (QED) is 0.438. The molecule has 3 fully saturated rings. The van der Waals surface area contributed by atoms with Crippen molar-refractivity contribution in [3.8, 4) is 0 Å². The summed E-state index contributed by atoms with van der Waals surface area (Å²) in [6.45, 7) is 6.29. The molecule has 2 N–H and O–H groups in total. The molecule has 0 aliphatic heterocycles. The van der Waals surface area contributed by atoms with Crippen molar-refractivity contribution >= 4 is 23.4 Å². The molecule has 5 rings (SSSR count). The highest BCUT2D eigenvalue weighted by Gasteiger charge is 2.59. The minimum absolute atomic E-state index is 0.154. The number of nitrogens with zero attached hydrogens (tertiary/aromatic N) is 1. The van der Waals surface area contributed by atoms with Gasteiger partial charge >= 0.3 is 5.97 Å². The van der Waals surface area contributed by atoms with Gasteiger partial charge < -0.3 is 15.3 Å². The number of hydrogen-bond acceptors (Lipinski definition) is 5. The van der Waals surface area contributed by atoms with Crippen LogP contribution in [0.2, 0.25) is 0 Å². The zero-order valence-electron chi connectivity index (χ0n) is 23.4. The van der Waals surface area contributed by atoms with Crippen molar-refractivity contribution in [3.05, 3.63) is 47.5 Å². The van der Waals surface area contributed by atoms with Crippen molar-refractivity contribution in [3.63, 3.8) is 0 Å². The molecule has 0 radical (unpaired) electrons. The van der Waals surface area contributed by atoms with E-state index in [1.165, 1.54) is 24.8 Å². The average Bonchev–Trinajstić information content (AvgIpc) is 3.26. The molecule has 4 aliphatic carbocycles. The van der Waals surface area contributed by atoms with Gasteiger partial charge in [-0.25, -0.2) is 4.79 Å². The number of Topliss-reactive ketones (excluding diaryl/α,β-unsaturated/α-hetero) is 1. The van der Waals surface area contributed by atoms with Crippen molar-refractivity contribution < 1.29 is 24.3 Å². The summed E-state index contributed by atoms with van der Waals surface area (Å²) in [5.41, 5.74) is 3.46. The van der Waals surface area contributed by atoms with Gasteiger partial charge in [-0.15, -0.1) is 0 Å². The molecular formula is C32H42N2O5. The summed E-state index contributed by atoms with van der Waals surface area (Å²) in [6, 6.07) is 8.21. The summed E-state index contributed by atoms with van der Waals surface area (Å²) in [4.78, 5) is 41.8. The number of carboxylic acids is 1. The predicted octanol–water partition coefficient (Wildman–Crippen LogP) is 5.34. The standard InChI is InChI=1S/C32H42N2O5/c1-20(35)25-11-12-26-24-10-9-22-18-23(13-15-31(22,2)27(24)14-16-32(25,26)3)34-39-19-29(36)33-28(30(37)38)17-21-7-5-4-6-8-21/h4-8,18,24-28H,9-17,19H2,1-3H3,(H,33,36)(H,37,38)/t24-,25-,26+,27+,28-,31-,32+/m0/s1. The fourth-order valence-corrected chi connectivity index (χ4v) is 8.77. The maximum Gasteiger partial charge on any atom is 0.326 e. The highest BCUT2D eigenvalue weighted by Crippen LogP contribution is 2.66. The number of carbonyl (C=O) groups is 3. The zero-order valence-corrected chi connectivity index (χ0v) is 23.4. The summed E-state index contributed by atoms with van der Waals surface area (Å²) in [7, 11) is 0. The minimum Gasteiger partial charge on any atom is -0.480 e. The van der Waals surface area contributed by atoms with Gasteiger partial charge in [0.1, 0.15) is 11.8 Å². The van der Waals surface area contributed by atoms with Gasteiger partial charge in [0, 0.05) is 12.3 Å². The van der Waals surface area contributed by atoms with Crippen LogP contribution in [0.1, 0.15) is 77.7 Å². The molecule has 0 unspecified atom stereocenters. The second-order valence-corrected chi connectivity index (χ2v) is 12.8. The molecular weight excluding hydrogens is 492 g/mol. The maximum absolute atomic E-state index is 12.4. The molecule has 0 spiro atoms. The van der Waals surface area contributed by atoms with Crippen molar-refractivity contribution in [1.82, 2.24) is 5.32 Å². The number of rotatable bonds is 8. The second-order valence-electron chi connectivity index (χ2n) is 12.8. The monoisotopic (exact) mass is 534 g/mol. The SMILES string of the molecule is CC(=O)[C@@H]1CC[C@@H]2[C@@H]3CCC4=CC(=NOCC(=O)N[C@@H](Cc5ccccc5)C(=O)O)CC[C@]4(C)[C@@H]3CC[C@@]21C. The Labute approximate surface area is 231 Å². The minimum atomic E-state index is -1.08. The first kappa shape index (κ1) is 27.6. The lowest BCUT2D eigenvalue weighted by molar-refractivity contribution is -0.142. The number of oxime groups is 1. The summed E-state index contributed by atoms with van der Waals surface area (Å²) < 4.78 is 0. The summed E-state index contributed by atoms with van der Waals surface area (Å²) in [6.07, 6.45) is 11.0. The van der Waals surface area contributed by atoms with Crippen LogP contribution >= 0.6 is 0 Å². The van der Waals surface area contributed by atoms with E-state index in [9.17, 15) is 19.5 Å². The van der Waals surface area contributed by atoms with E-state index in [-0.39, 0.29) is 29.8 Å². The molecule has 7 atom stereocenters. The number of ketones is 1. The van der Waals surface area contributed by atoms with Crippen molar-refractivity contribution in [2.75, 3.05) is 6.61 Å². The maximum atomic E-state index is 12.4. The van der Waals surface area contributed by atoms with Gasteiger partial charge in [-0.3, -0.25) is 9.59 Å². The molecule has 1 amide bonds. The third-order valence-corrected chi connectivity index (χ3v) is 10.8. The number of carbonyl (C=O) groups excluding carboxylic acids is 2. The first-order valence-corrected chi connectivity index (χ1v) is 14.6. The van der Waals surface area contributed by atoms with Crippen LogP contribution in [0.4, 0.5) is 0 Å². The fourth-order valence-electron chi connectivity index (χ4n) is 8.77. The number of aliphatic carboxylic acids is 1. The van der Waals surface area contributed by atoms with E-state index in [0.717, 1.165) is 43.4 Å². The molecule has 1 aromatic carbocycles. The third kappa shape index (κ3) is 5.29. The lowest BCUT2D eigenvalue weighted by Crippen LogP contribution is -2.51. The first-order valence-electron chi connectivity index (χ1n) is 14.6. The lowest BCUT2D eigenvalue weighted by Gasteiger charge is -2.58. The molecule has 1 aromatic rings. The number of fused-ring (bicyclic) bond motifs is 5. The lowest BCUT2D eigenvalue weighted by atomic mass is 9.46. The molecule has 7 heteroatoms. The highest BCUT2D eigenvalue weighted by molar-refractivity contribution is 5.96. The van der Waals surface area contributed by atoms with Gasteiger partial charge in [-0.1, -0.05) is 54.9 Å². The Morgan fingerprint density at radius 3 is 2.54 bits per heavy atom. The van der Waals surface area contributed by atoms with Crippen LogP contribution in [0.15, 0.2) is 47.1 Å². The van der Waals surface area contributed by atoms with Crippen molar-refractivity contribution in [1.29, 1.82) is 0 Å². The van der Waals surface area contributed by atoms with E-state index in [2.05, 4.69) is 30.4 Å². The fraction of sp³-hybridized carbons (Fsp3) is 0.625. The Hall–Kier alpha value is -2.96. The van der Waals surface area contributed by atoms with Gasteiger partial charge in [-0.2, -0.15) is 0 Å². The van der Waals surface area contributed by atoms with E-state index in [4.69, 9.17) is 4.84 Å². The van der Waals surface area contributed by atoms with Crippen LogP contribution < -0.4 is 5.32 Å². The molecule has 7 nitrogen and oxygen atoms in total. The Balaban J connectivity index is 1.19. The van der Waals surface area contributed by atoms with Crippen LogP contribution in [-0.4, -0.2) is 41.1 Å². The average molecular weight is 535 g/mol. The molecule has 39 heavy (non-hydrogen) atoms. The van der Waals surface area contributed by atoms with Gasteiger partial charge in [0.25, 0.3) is 5.91 Å². The summed E-state index contributed by atoms with van der Waals surface area (Å²) >= 11 is 0. The number of allylic oxidation sites excluding steroid dienone is 2. The van der Waals surface area contributed by atoms with Gasteiger partial charge in [0.2, 0.25) is 0 Å². The van der Waals surface area contributed by atoms with E-state index < -0.39 is 17.9 Å². The molecule has 210 valence electrons. The molecule has 0 aromatic heterocycles. The highest BCUT2D eigenvalue weighted by atomic mass is 16.6. The van der Waals surface area contributed by atoms with Crippen LogP contribution in [0.25, 0.3) is 0 Å². The number of amides is 1. The van der Waals surface area contributed by atoms with Crippen LogP contribution in [0.3, 0.4) is 0 Å². The summed E-state index contributed by atoms with van der Waals surface area (Å²) in [5.74, 6) is 1.01. The summed E-state index contributed by atoms with van der Waals surface area (Å²) in [5, 5.41) is 16.3. The van der Waals surface area contributed by atoms with E-state index >= 15 is 0 Å². The largest absolute Gasteiger partial charge is 0.480 e. The smallest absolute Gasteiger partial charge is 0.326 e. The molecule has 0 bridgehead atoms. The number of nitrogens with one attached hydrogen (secondary N) is 1. The number of carboxylic acid groups (broad SMARTS) is 1.